The number of nitrogens with one attached hydrogen (secondary N) is 9. The molecule has 0 saturated heterocycles. The first-order chi connectivity index (χ1) is 50.8. The van der Waals surface area contributed by atoms with E-state index in [9.17, 15) is 62.3 Å². The van der Waals surface area contributed by atoms with Crippen molar-refractivity contribution in [2.75, 3.05) is 144 Å². The van der Waals surface area contributed by atoms with Crippen molar-refractivity contribution >= 4 is 77.7 Å². The Morgan fingerprint density at radius 2 is 0.590 bits per heavy atom. The van der Waals surface area contributed by atoms with E-state index in [1.54, 1.807) is 0 Å². The molecule has 3 rings (SSSR count). The Balaban J connectivity index is 1.73. The number of hydrogen-bond donors (Lipinski definition) is 9. The fourth-order valence-electron chi connectivity index (χ4n) is 10.7. The molecular formula is C74H111N13O18. The van der Waals surface area contributed by atoms with Crippen LogP contribution in [0.25, 0.3) is 11.1 Å². The molecule has 0 saturated carbocycles. The number of carbonyl (C=O) groups is 13. The third kappa shape index (κ3) is 39.7. The van der Waals surface area contributed by atoms with E-state index in [1.807, 2.05) is 55.5 Å². The lowest BCUT2D eigenvalue weighted by Crippen LogP contribution is -2.49. The van der Waals surface area contributed by atoms with Crippen LogP contribution in [0.5, 0.6) is 0 Å². The topological polar surface area (TPSA) is 389 Å². The summed E-state index contributed by atoms with van der Waals surface area (Å²) in [6.07, 6.45) is 9.28. The van der Waals surface area contributed by atoms with Gasteiger partial charge in [0.25, 0.3) is 0 Å². The Bertz CT molecular complexity index is 3070. The predicted molar refractivity (Wildman–Crippen MR) is 394 cm³/mol. The average molecular weight is 1470 g/mol. The summed E-state index contributed by atoms with van der Waals surface area (Å²) in [6.45, 7) is 15.2. The lowest BCUT2D eigenvalue weighted by molar-refractivity contribution is -0.137. The maximum absolute atomic E-state index is 14.0. The molecule has 2 aromatic carbocycles. The second-order valence-corrected chi connectivity index (χ2v) is 24.4. The van der Waals surface area contributed by atoms with Crippen LogP contribution in [0.2, 0.25) is 0 Å². The zero-order valence-corrected chi connectivity index (χ0v) is 61.0. The summed E-state index contributed by atoms with van der Waals surface area (Å²) in [7, 11) is 0. The lowest BCUT2D eigenvalue weighted by atomic mass is 9.98. The summed E-state index contributed by atoms with van der Waals surface area (Å²) in [5.41, 5.74) is 4.18. The molecule has 31 heteroatoms. The van der Waals surface area contributed by atoms with Crippen LogP contribution in [0.4, 0.5) is 24.0 Å². The molecule has 0 spiro atoms. The molecule has 2 aromatic rings. The number of amides is 13. The molecule has 0 atom stereocenters. The van der Waals surface area contributed by atoms with Crippen molar-refractivity contribution < 1.29 is 86.0 Å². The van der Waals surface area contributed by atoms with Crippen LogP contribution in [0.15, 0.2) is 99.2 Å². The van der Waals surface area contributed by atoms with Crippen molar-refractivity contribution in [3.05, 3.63) is 110 Å². The smallest absolute Gasteiger partial charge is 0.407 e. The number of rotatable bonds is 56. The minimum atomic E-state index is -0.718. The van der Waals surface area contributed by atoms with Crippen molar-refractivity contribution in [1.82, 2.24) is 67.5 Å². The molecule has 0 unspecified atom stereocenters. The van der Waals surface area contributed by atoms with E-state index in [4.69, 9.17) is 23.7 Å². The van der Waals surface area contributed by atoms with E-state index in [0.717, 1.165) is 22.3 Å². The zero-order chi connectivity index (χ0) is 76.7. The van der Waals surface area contributed by atoms with Gasteiger partial charge in [-0.2, -0.15) is 0 Å². The van der Waals surface area contributed by atoms with E-state index in [1.165, 1.54) is 43.9 Å². The Morgan fingerprint density at radius 1 is 0.333 bits per heavy atom. The van der Waals surface area contributed by atoms with Gasteiger partial charge in [0.2, 0.25) is 47.3 Å². The molecule has 13 amide bonds. The fourth-order valence-corrected chi connectivity index (χ4v) is 10.7. The predicted octanol–water partition coefficient (Wildman–Crippen LogP) is 5.60. The molecule has 0 aromatic heterocycles. The van der Waals surface area contributed by atoms with E-state index in [0.29, 0.717) is 103 Å². The summed E-state index contributed by atoms with van der Waals surface area (Å²) in [5.74, 6) is -3.99. The molecule has 580 valence electrons. The minimum absolute atomic E-state index is 0.00400. The van der Waals surface area contributed by atoms with Crippen molar-refractivity contribution in [3.63, 3.8) is 0 Å². The number of hydrogen-bond acceptors (Lipinski definition) is 18. The van der Waals surface area contributed by atoms with E-state index < -0.39 is 79.6 Å². The van der Waals surface area contributed by atoms with E-state index in [-0.39, 0.29) is 154 Å². The summed E-state index contributed by atoms with van der Waals surface area (Å²) in [6, 6.07) is 15.8. The SMILES string of the molecule is C=CCOC(=O)NCCCCCC(=O)N(CCNC(=O)CN(CCNC(=O)CN(CCNC(=O)CN(CCNC(=O)OCC1c2ccccc2-c2ccccc21)C(=O)CCCCCNC(=O)OCC=C)C(=O)CCCCCNC(=O)OCC=C)C(=O)CCCCCNC(=O)OCC=C)CC(=O)NCCC. The van der Waals surface area contributed by atoms with Gasteiger partial charge in [0.05, 0.1) is 26.2 Å². The lowest BCUT2D eigenvalue weighted by Gasteiger charge is -2.25. The maximum Gasteiger partial charge on any atom is 0.407 e. The van der Waals surface area contributed by atoms with Crippen LogP contribution < -0.4 is 47.9 Å². The van der Waals surface area contributed by atoms with Gasteiger partial charge in [0, 0.05) is 117 Å². The highest BCUT2D eigenvalue weighted by atomic mass is 16.6. The number of carbonyl (C=O) groups excluding carboxylic acids is 13. The molecule has 105 heavy (non-hydrogen) atoms. The number of nitrogens with zero attached hydrogens (tertiary/aromatic N) is 4. The second kappa shape index (κ2) is 55.1. The van der Waals surface area contributed by atoms with Crippen LogP contribution in [0.3, 0.4) is 0 Å². The Morgan fingerprint density at radius 3 is 0.876 bits per heavy atom. The molecule has 0 heterocycles. The van der Waals surface area contributed by atoms with Crippen LogP contribution in [-0.4, -0.2) is 242 Å². The third-order valence-electron chi connectivity index (χ3n) is 16.1. The monoisotopic (exact) mass is 1470 g/mol. The van der Waals surface area contributed by atoms with Crippen LogP contribution in [0.1, 0.15) is 133 Å². The fraction of sp³-hybridized carbons (Fsp3) is 0.554. The summed E-state index contributed by atoms with van der Waals surface area (Å²) in [4.78, 5) is 175. The number of ether oxygens (including phenoxy) is 5. The van der Waals surface area contributed by atoms with Gasteiger partial charge in [-0.3, -0.25) is 38.4 Å². The zero-order valence-electron chi connectivity index (χ0n) is 61.0. The quantitative estimate of drug-likeness (QED) is 0.0221. The second-order valence-electron chi connectivity index (χ2n) is 24.4. The van der Waals surface area contributed by atoms with Crippen molar-refractivity contribution in [1.29, 1.82) is 0 Å². The van der Waals surface area contributed by atoms with Gasteiger partial charge in [0.1, 0.15) is 33.0 Å². The minimum Gasteiger partial charge on any atom is -0.449 e. The molecule has 0 aliphatic heterocycles. The first kappa shape index (κ1) is 88.7. The first-order valence-electron chi connectivity index (χ1n) is 36.2. The Labute approximate surface area is 616 Å². The van der Waals surface area contributed by atoms with E-state index in [2.05, 4.69) is 74.2 Å². The van der Waals surface area contributed by atoms with Crippen molar-refractivity contribution in [2.24, 2.45) is 0 Å². The normalized spacial score (nSPS) is 10.9. The van der Waals surface area contributed by atoms with Crippen LogP contribution >= 0.6 is 0 Å². The van der Waals surface area contributed by atoms with Crippen molar-refractivity contribution in [3.8, 4) is 11.1 Å². The standard InChI is InChI=1S/C74H111N13O18/c1-6-35-75-62(88)52-84(66(92)31-15-11-23-36-79-70(96)101-48-7-2)44-40-76-63(89)53-85(67(93)32-16-12-24-37-80-71(97)102-49-8-3)45-41-77-64(90)54-86(68(94)33-17-13-25-38-81-72(98)103-50-9-4)46-42-78-65(91)55-87(69(95)34-18-14-26-39-82-73(99)104-51-10-5)47-43-83-74(100)105-56-61-59-29-21-19-27-57(59)58-28-20-22-30-60(58)61/h7-10,19-22,27-30,61H,2-6,11-18,23-26,31-56H2,1H3,(H,75,88)(H,76,89)(H,77,90)(H,78,91)(H,79,96)(H,80,97)(H,81,98)(H,82,99)(H,83,100). The first-order valence-corrected chi connectivity index (χ1v) is 36.2. The maximum atomic E-state index is 14.0. The largest absolute Gasteiger partial charge is 0.449 e. The van der Waals surface area contributed by atoms with E-state index >= 15 is 0 Å². The van der Waals surface area contributed by atoms with Crippen LogP contribution in [-0.2, 0) is 62.0 Å². The highest BCUT2D eigenvalue weighted by Gasteiger charge is 2.30. The van der Waals surface area contributed by atoms with Gasteiger partial charge in [-0.05, 0) is 80.0 Å². The van der Waals surface area contributed by atoms with Gasteiger partial charge in [-0.25, -0.2) is 24.0 Å². The molecule has 1 aliphatic carbocycles. The van der Waals surface area contributed by atoms with Gasteiger partial charge in [0.15, 0.2) is 0 Å². The summed E-state index contributed by atoms with van der Waals surface area (Å²) >= 11 is 0. The summed E-state index contributed by atoms with van der Waals surface area (Å²) in [5, 5.41) is 24.2. The Kier molecular flexibility index (Phi) is 46.6. The third-order valence-corrected chi connectivity index (χ3v) is 16.1. The highest BCUT2D eigenvalue weighted by Crippen LogP contribution is 2.44. The summed E-state index contributed by atoms with van der Waals surface area (Å²) < 4.78 is 25.4. The van der Waals surface area contributed by atoms with Gasteiger partial charge in [-0.1, -0.05) is 132 Å². The molecule has 1 aliphatic rings. The number of fused-ring (bicyclic) bond motifs is 3. The van der Waals surface area contributed by atoms with Crippen molar-refractivity contribution in [2.45, 2.75) is 122 Å². The molecule has 31 nitrogen and oxygen atoms in total. The van der Waals surface area contributed by atoms with Gasteiger partial charge < -0.3 is 91.1 Å². The Hall–Kier alpha value is -10.5. The molecular weight excluding hydrogens is 1360 g/mol. The number of unbranched alkanes of at least 4 members (excludes halogenated alkanes) is 8. The van der Waals surface area contributed by atoms with Gasteiger partial charge in [-0.15, -0.1) is 0 Å². The molecule has 0 fully saturated rings. The molecule has 9 N–H and O–H groups in total. The van der Waals surface area contributed by atoms with Crippen LogP contribution in [0, 0.1) is 0 Å². The number of benzene rings is 2. The molecule has 0 radical (unpaired) electrons. The molecule has 0 bridgehead atoms. The van der Waals surface area contributed by atoms with Gasteiger partial charge >= 0.3 is 30.5 Å². The number of alkyl carbamates (subject to hydrolysis) is 5. The highest BCUT2D eigenvalue weighted by molar-refractivity contribution is 5.88. The average Bonchev–Trinajstić information content (AvgIpc) is 1.62.